The second-order valence-corrected chi connectivity index (χ2v) is 9.37. The Morgan fingerprint density at radius 1 is 1.03 bits per heavy atom. The molecule has 1 unspecified atom stereocenters. The fraction of sp³-hybridized carbons (Fsp3) is 0.444. The standard InChI is InChI=1S/C27H34N4O3/c1-19(2)18-31-27(33)23-10-6-5-9-22(23)25(29-31)26(32)28-17-24(30-15-7-4-8-16-30)20-11-13-21(34-3)14-12-20/h5-6,9-14,19,24H,4,7-8,15-18H2,1-3H3,(H,28,32). The molecule has 1 N–H and O–H groups in total. The van der Waals surface area contributed by atoms with Crippen molar-refractivity contribution in [3.05, 3.63) is 70.1 Å². The zero-order valence-corrected chi connectivity index (χ0v) is 20.3. The molecule has 0 radical (unpaired) electrons. The van der Waals surface area contributed by atoms with Crippen LogP contribution in [-0.2, 0) is 6.54 Å². The summed E-state index contributed by atoms with van der Waals surface area (Å²) in [5, 5.41) is 8.72. The topological polar surface area (TPSA) is 76.5 Å². The van der Waals surface area contributed by atoms with Crippen molar-refractivity contribution in [1.29, 1.82) is 0 Å². The van der Waals surface area contributed by atoms with Crippen LogP contribution in [0.3, 0.4) is 0 Å². The van der Waals surface area contributed by atoms with Gasteiger partial charge in [-0.15, -0.1) is 0 Å². The predicted molar refractivity (Wildman–Crippen MR) is 134 cm³/mol. The van der Waals surface area contributed by atoms with Gasteiger partial charge in [-0.2, -0.15) is 5.10 Å². The van der Waals surface area contributed by atoms with Crippen molar-refractivity contribution >= 4 is 16.7 Å². The van der Waals surface area contributed by atoms with E-state index in [4.69, 9.17) is 4.74 Å². The van der Waals surface area contributed by atoms with Gasteiger partial charge in [0.25, 0.3) is 11.5 Å². The first kappa shape index (κ1) is 24.0. The number of nitrogens with one attached hydrogen (secondary N) is 1. The molecule has 2 aromatic carbocycles. The fourth-order valence-electron chi connectivity index (χ4n) is 4.66. The lowest BCUT2D eigenvalue weighted by Gasteiger charge is -2.35. The van der Waals surface area contributed by atoms with Crippen LogP contribution in [0.15, 0.2) is 53.3 Å². The minimum atomic E-state index is -0.260. The molecule has 0 bridgehead atoms. The van der Waals surface area contributed by atoms with Gasteiger partial charge in [0.2, 0.25) is 0 Å². The average Bonchev–Trinajstić information content (AvgIpc) is 2.86. The third kappa shape index (κ3) is 5.30. The zero-order chi connectivity index (χ0) is 24.1. The van der Waals surface area contributed by atoms with Crippen LogP contribution in [0.25, 0.3) is 10.8 Å². The van der Waals surface area contributed by atoms with Crippen molar-refractivity contribution in [3.63, 3.8) is 0 Å². The van der Waals surface area contributed by atoms with Gasteiger partial charge in [-0.05, 0) is 55.6 Å². The first-order chi connectivity index (χ1) is 16.5. The van der Waals surface area contributed by atoms with Gasteiger partial charge in [-0.1, -0.05) is 50.6 Å². The Morgan fingerprint density at radius 2 is 1.71 bits per heavy atom. The number of carbonyl (C=O) groups excluding carboxylic acids is 1. The number of methoxy groups -OCH3 is 1. The summed E-state index contributed by atoms with van der Waals surface area (Å²) in [5.74, 6) is 0.790. The Balaban J connectivity index is 1.62. The molecule has 7 nitrogen and oxygen atoms in total. The third-order valence-corrected chi connectivity index (χ3v) is 6.41. The van der Waals surface area contributed by atoms with Gasteiger partial charge in [0, 0.05) is 18.5 Å². The number of rotatable bonds is 8. The van der Waals surface area contributed by atoms with Gasteiger partial charge >= 0.3 is 0 Å². The lowest BCUT2D eigenvalue weighted by Crippen LogP contribution is -2.41. The highest BCUT2D eigenvalue weighted by atomic mass is 16.5. The molecule has 180 valence electrons. The minimum Gasteiger partial charge on any atom is -0.497 e. The number of nitrogens with zero attached hydrogens (tertiary/aromatic N) is 3. The summed E-state index contributed by atoms with van der Waals surface area (Å²) in [5.41, 5.74) is 1.28. The first-order valence-electron chi connectivity index (χ1n) is 12.1. The average molecular weight is 463 g/mol. The van der Waals surface area contributed by atoms with Crippen molar-refractivity contribution in [1.82, 2.24) is 20.0 Å². The number of aromatic nitrogens is 2. The molecule has 2 heterocycles. The number of amides is 1. The molecule has 1 saturated heterocycles. The number of hydrogen-bond acceptors (Lipinski definition) is 5. The SMILES string of the molecule is COc1ccc(C(CNC(=O)c2nn(CC(C)C)c(=O)c3ccccc23)N2CCCCC2)cc1. The number of piperidine rings is 1. The molecule has 1 amide bonds. The molecule has 3 aromatic rings. The Morgan fingerprint density at radius 3 is 2.35 bits per heavy atom. The highest BCUT2D eigenvalue weighted by Gasteiger charge is 2.24. The second kappa shape index (κ2) is 10.8. The lowest BCUT2D eigenvalue weighted by molar-refractivity contribution is 0.0918. The highest BCUT2D eigenvalue weighted by molar-refractivity contribution is 6.04. The summed E-state index contributed by atoms with van der Waals surface area (Å²) in [4.78, 5) is 28.7. The first-order valence-corrected chi connectivity index (χ1v) is 12.1. The summed E-state index contributed by atoms with van der Waals surface area (Å²) in [6.07, 6.45) is 3.56. The van der Waals surface area contributed by atoms with Crippen LogP contribution < -0.4 is 15.6 Å². The van der Waals surface area contributed by atoms with E-state index in [-0.39, 0.29) is 23.4 Å². The summed E-state index contributed by atoms with van der Waals surface area (Å²) >= 11 is 0. The van der Waals surface area contributed by atoms with Crippen LogP contribution in [0.1, 0.15) is 55.2 Å². The van der Waals surface area contributed by atoms with E-state index < -0.39 is 0 Å². The zero-order valence-electron chi connectivity index (χ0n) is 20.3. The highest BCUT2D eigenvalue weighted by Crippen LogP contribution is 2.26. The largest absolute Gasteiger partial charge is 0.497 e. The van der Waals surface area contributed by atoms with E-state index >= 15 is 0 Å². The molecule has 4 rings (SSSR count). The second-order valence-electron chi connectivity index (χ2n) is 9.37. The molecular weight excluding hydrogens is 428 g/mol. The Kier molecular flexibility index (Phi) is 7.63. The van der Waals surface area contributed by atoms with Crippen LogP contribution in [0.4, 0.5) is 0 Å². The van der Waals surface area contributed by atoms with Crippen molar-refractivity contribution < 1.29 is 9.53 Å². The van der Waals surface area contributed by atoms with E-state index in [2.05, 4.69) is 27.4 Å². The molecule has 0 spiro atoms. The number of likely N-dealkylation sites (tertiary alicyclic amines) is 1. The van der Waals surface area contributed by atoms with Gasteiger partial charge < -0.3 is 10.1 Å². The summed E-state index contributed by atoms with van der Waals surface area (Å²) in [6, 6.07) is 15.3. The van der Waals surface area contributed by atoms with E-state index in [9.17, 15) is 9.59 Å². The molecule has 1 aliphatic rings. The van der Waals surface area contributed by atoms with Gasteiger partial charge in [-0.25, -0.2) is 4.68 Å². The molecular formula is C27H34N4O3. The maximum atomic E-state index is 13.4. The predicted octanol–water partition coefficient (Wildman–Crippen LogP) is 4.02. The number of ether oxygens (including phenoxy) is 1. The Labute approximate surface area is 200 Å². The van der Waals surface area contributed by atoms with Crippen LogP contribution in [0, 0.1) is 5.92 Å². The van der Waals surface area contributed by atoms with Gasteiger partial charge in [-0.3, -0.25) is 14.5 Å². The molecule has 0 saturated carbocycles. The third-order valence-electron chi connectivity index (χ3n) is 6.41. The quantitative estimate of drug-likeness (QED) is 0.547. The van der Waals surface area contributed by atoms with Crippen LogP contribution in [-0.4, -0.2) is 47.3 Å². The number of fused-ring (bicyclic) bond motifs is 1. The smallest absolute Gasteiger partial charge is 0.274 e. The molecule has 0 aliphatic carbocycles. The van der Waals surface area contributed by atoms with Gasteiger partial charge in [0.15, 0.2) is 5.69 Å². The van der Waals surface area contributed by atoms with Crippen molar-refractivity contribution in [2.24, 2.45) is 5.92 Å². The van der Waals surface area contributed by atoms with E-state index in [0.717, 1.165) is 37.2 Å². The van der Waals surface area contributed by atoms with Crippen molar-refractivity contribution in [2.45, 2.75) is 45.7 Å². The molecule has 1 fully saturated rings. The number of hydrogen-bond donors (Lipinski definition) is 1. The van der Waals surface area contributed by atoms with Crippen LogP contribution >= 0.6 is 0 Å². The lowest BCUT2D eigenvalue weighted by atomic mass is 10.0. The minimum absolute atomic E-state index is 0.0583. The maximum Gasteiger partial charge on any atom is 0.274 e. The van der Waals surface area contributed by atoms with Crippen molar-refractivity contribution in [2.75, 3.05) is 26.7 Å². The summed E-state index contributed by atoms with van der Waals surface area (Å²) < 4.78 is 6.74. The van der Waals surface area contributed by atoms with Crippen LogP contribution in [0.2, 0.25) is 0 Å². The summed E-state index contributed by atoms with van der Waals surface area (Å²) in [7, 11) is 1.66. The molecule has 1 atom stereocenters. The van der Waals surface area contributed by atoms with Gasteiger partial charge in [0.05, 0.1) is 18.5 Å². The normalized spacial score (nSPS) is 15.4. The fourth-order valence-corrected chi connectivity index (χ4v) is 4.66. The molecule has 1 aromatic heterocycles. The number of carbonyl (C=O) groups is 1. The Hall–Kier alpha value is -3.19. The van der Waals surface area contributed by atoms with E-state index in [1.165, 1.54) is 11.1 Å². The maximum absolute atomic E-state index is 13.4. The van der Waals surface area contributed by atoms with E-state index in [1.807, 2.05) is 38.1 Å². The molecule has 34 heavy (non-hydrogen) atoms. The molecule has 1 aliphatic heterocycles. The number of benzene rings is 2. The monoisotopic (exact) mass is 462 g/mol. The Bertz CT molecular complexity index is 1180. The van der Waals surface area contributed by atoms with Crippen molar-refractivity contribution in [3.8, 4) is 5.75 Å². The van der Waals surface area contributed by atoms with Gasteiger partial charge in [0.1, 0.15) is 5.75 Å². The summed E-state index contributed by atoms with van der Waals surface area (Å²) in [6.45, 7) is 7.00. The van der Waals surface area contributed by atoms with E-state index in [0.29, 0.717) is 29.6 Å². The van der Waals surface area contributed by atoms with E-state index in [1.54, 1.807) is 19.2 Å². The molecule has 7 heteroatoms. The van der Waals surface area contributed by atoms with Crippen LogP contribution in [0.5, 0.6) is 5.75 Å².